The molecule has 0 aromatic rings. The summed E-state index contributed by atoms with van der Waals surface area (Å²) >= 11 is 0. The highest BCUT2D eigenvalue weighted by molar-refractivity contribution is 5.71. The molecule has 6 heteroatoms. The van der Waals surface area contributed by atoms with Crippen molar-refractivity contribution in [2.75, 3.05) is 13.2 Å². The Balaban J connectivity index is 4.15. The predicted octanol–water partition coefficient (Wildman–Crippen LogP) is 22.3. The Morgan fingerprint density at radius 3 is 0.813 bits per heavy atom. The lowest BCUT2D eigenvalue weighted by molar-refractivity contribution is -0.167. The molecule has 0 N–H and O–H groups in total. The van der Waals surface area contributed by atoms with Crippen molar-refractivity contribution in [3.63, 3.8) is 0 Å². The van der Waals surface area contributed by atoms with Crippen LogP contribution in [0.5, 0.6) is 0 Å². The Bertz CT molecular complexity index is 1340. The van der Waals surface area contributed by atoms with Crippen LogP contribution < -0.4 is 0 Å². The quantitative estimate of drug-likeness (QED) is 0.0261. The van der Waals surface area contributed by atoms with Gasteiger partial charge in [0.1, 0.15) is 13.2 Å². The Morgan fingerprint density at radius 1 is 0.267 bits per heavy atom. The second-order valence-electron chi connectivity index (χ2n) is 22.0. The Labute approximate surface area is 466 Å². The van der Waals surface area contributed by atoms with Crippen molar-refractivity contribution in [1.82, 2.24) is 0 Å². The fourth-order valence-corrected chi connectivity index (χ4v) is 9.51. The van der Waals surface area contributed by atoms with E-state index in [-0.39, 0.29) is 31.1 Å². The van der Waals surface area contributed by atoms with Gasteiger partial charge < -0.3 is 14.2 Å². The van der Waals surface area contributed by atoms with Crippen molar-refractivity contribution >= 4 is 17.9 Å². The molecule has 75 heavy (non-hydrogen) atoms. The van der Waals surface area contributed by atoms with E-state index in [4.69, 9.17) is 14.2 Å². The summed E-state index contributed by atoms with van der Waals surface area (Å²) in [5.41, 5.74) is 0. The van der Waals surface area contributed by atoms with Crippen molar-refractivity contribution in [2.45, 2.75) is 348 Å². The molecule has 0 bridgehead atoms. The van der Waals surface area contributed by atoms with Crippen LogP contribution in [0.25, 0.3) is 0 Å². The molecule has 1 unspecified atom stereocenters. The van der Waals surface area contributed by atoms with Crippen LogP contribution in [0.15, 0.2) is 60.8 Å². The first-order valence-corrected chi connectivity index (χ1v) is 32.8. The van der Waals surface area contributed by atoms with Crippen molar-refractivity contribution < 1.29 is 28.6 Å². The van der Waals surface area contributed by atoms with Gasteiger partial charge in [0.05, 0.1) is 0 Å². The highest BCUT2D eigenvalue weighted by Gasteiger charge is 2.19. The molecule has 0 amide bonds. The fourth-order valence-electron chi connectivity index (χ4n) is 9.51. The lowest BCUT2D eigenvalue weighted by Gasteiger charge is -2.18. The molecule has 6 nitrogen and oxygen atoms in total. The zero-order chi connectivity index (χ0) is 54.3. The molecule has 0 saturated carbocycles. The van der Waals surface area contributed by atoms with E-state index in [0.717, 1.165) is 89.9 Å². The molecule has 0 radical (unpaired) electrons. The predicted molar refractivity (Wildman–Crippen MR) is 325 cm³/mol. The summed E-state index contributed by atoms with van der Waals surface area (Å²) in [6.07, 6.45) is 81.0. The SMILES string of the molecule is CCC/C=C\CCCCCCCC(=O)OCC(COC(=O)CCCCCCCCCCCCCCCCCCC/C=C\C/C=C\CCCCCCC)OC(=O)CCCCCCCCC/C=C\C/C=C\CCCCCC. The van der Waals surface area contributed by atoms with Gasteiger partial charge in [-0.15, -0.1) is 0 Å². The van der Waals surface area contributed by atoms with Crippen LogP contribution >= 0.6 is 0 Å². The van der Waals surface area contributed by atoms with Gasteiger partial charge in [-0.3, -0.25) is 14.4 Å². The second-order valence-corrected chi connectivity index (χ2v) is 22.0. The van der Waals surface area contributed by atoms with E-state index < -0.39 is 6.10 Å². The van der Waals surface area contributed by atoms with Crippen molar-refractivity contribution in [3.8, 4) is 0 Å². The van der Waals surface area contributed by atoms with Crippen LogP contribution in [0.1, 0.15) is 342 Å². The van der Waals surface area contributed by atoms with Crippen LogP contribution in [-0.4, -0.2) is 37.2 Å². The van der Waals surface area contributed by atoms with Crippen molar-refractivity contribution in [1.29, 1.82) is 0 Å². The number of allylic oxidation sites excluding steroid dienone is 10. The van der Waals surface area contributed by atoms with Gasteiger partial charge in [-0.25, -0.2) is 0 Å². The van der Waals surface area contributed by atoms with Crippen LogP contribution in [-0.2, 0) is 28.6 Å². The number of carbonyl (C=O) groups excluding carboxylic acids is 3. The summed E-state index contributed by atoms with van der Waals surface area (Å²) < 4.78 is 16.9. The summed E-state index contributed by atoms with van der Waals surface area (Å²) in [5.74, 6) is -0.881. The maximum Gasteiger partial charge on any atom is 0.306 e. The van der Waals surface area contributed by atoms with E-state index in [1.54, 1.807) is 0 Å². The molecule has 0 aromatic heterocycles. The number of ether oxygens (including phenoxy) is 3. The topological polar surface area (TPSA) is 78.9 Å². The van der Waals surface area contributed by atoms with Gasteiger partial charge in [0.15, 0.2) is 6.10 Å². The maximum atomic E-state index is 12.9. The summed E-state index contributed by atoms with van der Waals surface area (Å²) in [4.78, 5) is 38.2. The number of hydrogen-bond acceptors (Lipinski definition) is 6. The third kappa shape index (κ3) is 61.8. The normalized spacial score (nSPS) is 12.4. The monoisotopic (exact) mass is 1050 g/mol. The van der Waals surface area contributed by atoms with E-state index in [1.807, 2.05) is 0 Å². The number of unbranched alkanes of at least 4 members (excludes halogenated alkanes) is 39. The van der Waals surface area contributed by atoms with Gasteiger partial charge >= 0.3 is 17.9 Å². The molecule has 1 atom stereocenters. The highest BCUT2D eigenvalue weighted by Crippen LogP contribution is 2.17. The largest absolute Gasteiger partial charge is 0.462 e. The minimum Gasteiger partial charge on any atom is -0.462 e. The number of carbonyl (C=O) groups is 3. The Kier molecular flexibility index (Phi) is 61.2. The number of hydrogen-bond donors (Lipinski definition) is 0. The first kappa shape index (κ1) is 72.1. The maximum absolute atomic E-state index is 12.9. The van der Waals surface area contributed by atoms with Crippen LogP contribution in [0.2, 0.25) is 0 Å². The molecule has 0 aliphatic heterocycles. The van der Waals surface area contributed by atoms with E-state index in [9.17, 15) is 14.4 Å². The van der Waals surface area contributed by atoms with Gasteiger partial charge in [-0.1, -0.05) is 281 Å². The second kappa shape index (κ2) is 63.6. The first-order chi connectivity index (χ1) is 37.0. The molecule has 0 rings (SSSR count). The first-order valence-electron chi connectivity index (χ1n) is 32.8. The van der Waals surface area contributed by atoms with E-state index in [1.165, 1.54) is 212 Å². The van der Waals surface area contributed by atoms with E-state index in [2.05, 4.69) is 81.5 Å². The molecular weight excluding hydrogens is 925 g/mol. The Hall–Kier alpha value is -2.89. The third-order valence-corrected chi connectivity index (χ3v) is 14.4. The third-order valence-electron chi connectivity index (χ3n) is 14.4. The van der Waals surface area contributed by atoms with Gasteiger partial charge in [0, 0.05) is 19.3 Å². The van der Waals surface area contributed by atoms with Gasteiger partial charge in [-0.05, 0) is 103 Å². The van der Waals surface area contributed by atoms with Gasteiger partial charge in [0.2, 0.25) is 0 Å². The molecule has 0 spiro atoms. The number of rotatable bonds is 60. The number of esters is 3. The molecular formula is C69H124O6. The molecule has 0 aromatic carbocycles. The van der Waals surface area contributed by atoms with Crippen LogP contribution in [0.3, 0.4) is 0 Å². The van der Waals surface area contributed by atoms with Gasteiger partial charge in [-0.2, -0.15) is 0 Å². The minimum atomic E-state index is -0.780. The molecule has 0 saturated heterocycles. The smallest absolute Gasteiger partial charge is 0.306 e. The van der Waals surface area contributed by atoms with Crippen LogP contribution in [0.4, 0.5) is 0 Å². The van der Waals surface area contributed by atoms with E-state index >= 15 is 0 Å². The molecule has 0 aliphatic carbocycles. The lowest BCUT2D eigenvalue weighted by Crippen LogP contribution is -2.30. The summed E-state index contributed by atoms with van der Waals surface area (Å²) in [6.45, 7) is 6.58. The average molecular weight is 1050 g/mol. The van der Waals surface area contributed by atoms with Gasteiger partial charge in [0.25, 0.3) is 0 Å². The van der Waals surface area contributed by atoms with Crippen molar-refractivity contribution in [2.24, 2.45) is 0 Å². The Morgan fingerprint density at radius 2 is 0.507 bits per heavy atom. The summed E-state index contributed by atoms with van der Waals surface area (Å²) in [5, 5.41) is 0. The molecule has 0 fully saturated rings. The standard InChI is InChI=1S/C69H124O6/c1-4-7-10-13-16-19-22-24-26-28-30-31-32-33-34-35-36-37-38-39-40-42-43-45-47-50-53-56-59-62-68(71)74-65-66(64-73-67(70)61-58-55-52-49-21-18-15-12-9-6-3)75-69(72)63-60-57-54-51-48-46-44-41-29-27-25-23-20-17-14-11-8-5-2/h12,15,20,22-24,27-30,66H,4-11,13-14,16-19,21,25-26,31-65H2,1-3H3/b15-12-,23-20-,24-22-,29-27-,30-28-. The zero-order valence-electron chi connectivity index (χ0n) is 50.1. The fraction of sp³-hybridized carbons (Fsp3) is 0.812. The summed E-state index contributed by atoms with van der Waals surface area (Å²) in [7, 11) is 0. The minimum absolute atomic E-state index is 0.0775. The lowest BCUT2D eigenvalue weighted by atomic mass is 10.0. The molecule has 0 heterocycles. The molecule has 436 valence electrons. The summed E-state index contributed by atoms with van der Waals surface area (Å²) in [6, 6.07) is 0. The van der Waals surface area contributed by atoms with Crippen molar-refractivity contribution in [3.05, 3.63) is 60.8 Å². The average Bonchev–Trinajstić information content (AvgIpc) is 3.41. The van der Waals surface area contributed by atoms with Crippen LogP contribution in [0, 0.1) is 0 Å². The molecule has 0 aliphatic rings. The van der Waals surface area contributed by atoms with E-state index in [0.29, 0.717) is 19.3 Å². The highest BCUT2D eigenvalue weighted by atomic mass is 16.6. The zero-order valence-corrected chi connectivity index (χ0v) is 50.1.